The Labute approximate surface area is 104 Å². The fraction of sp³-hybridized carbons (Fsp3) is 0.538. The smallest absolute Gasteiger partial charge is 0.164 e. The van der Waals surface area contributed by atoms with Crippen molar-refractivity contribution < 1.29 is 23.4 Å². The maximum atomic E-state index is 13.4. The molecule has 1 unspecified atom stereocenters. The van der Waals surface area contributed by atoms with Crippen molar-refractivity contribution in [1.29, 1.82) is 0 Å². The van der Waals surface area contributed by atoms with Crippen LogP contribution in [0.1, 0.15) is 24.5 Å². The molecule has 1 heterocycles. The van der Waals surface area contributed by atoms with Gasteiger partial charge in [-0.05, 0) is 18.9 Å². The molecule has 0 spiro atoms. The van der Waals surface area contributed by atoms with Gasteiger partial charge in [0.2, 0.25) is 0 Å². The SMILES string of the molecule is OC(COC1CCOCC1)c1cccc(F)c1F. The molecule has 2 rings (SSSR count). The zero-order valence-corrected chi connectivity index (χ0v) is 9.94. The normalized spacial score (nSPS) is 18.8. The number of aliphatic hydroxyl groups is 1. The number of ether oxygens (including phenoxy) is 2. The molecule has 1 atom stereocenters. The third kappa shape index (κ3) is 3.25. The van der Waals surface area contributed by atoms with E-state index >= 15 is 0 Å². The molecule has 5 heteroatoms. The predicted molar refractivity (Wildman–Crippen MR) is 61.1 cm³/mol. The molecule has 1 aliphatic heterocycles. The van der Waals surface area contributed by atoms with E-state index in [1.165, 1.54) is 12.1 Å². The quantitative estimate of drug-likeness (QED) is 0.899. The monoisotopic (exact) mass is 258 g/mol. The van der Waals surface area contributed by atoms with Gasteiger partial charge in [0, 0.05) is 18.8 Å². The standard InChI is InChI=1S/C13H16F2O3/c14-11-3-1-2-10(13(11)15)12(16)8-18-9-4-6-17-7-5-9/h1-3,9,12,16H,4-8H2. The molecule has 1 aromatic rings. The predicted octanol–water partition coefficient (Wildman–Crippen LogP) is 2.19. The average molecular weight is 258 g/mol. The van der Waals surface area contributed by atoms with E-state index in [1.54, 1.807) is 0 Å². The molecule has 100 valence electrons. The number of rotatable bonds is 4. The van der Waals surface area contributed by atoms with Crippen molar-refractivity contribution in [1.82, 2.24) is 0 Å². The lowest BCUT2D eigenvalue weighted by atomic mass is 10.1. The highest BCUT2D eigenvalue weighted by Gasteiger charge is 2.19. The van der Waals surface area contributed by atoms with E-state index < -0.39 is 17.7 Å². The first-order valence-corrected chi connectivity index (χ1v) is 6.00. The lowest BCUT2D eigenvalue weighted by molar-refractivity contribution is -0.0604. The minimum Gasteiger partial charge on any atom is -0.386 e. The number of hydrogen-bond acceptors (Lipinski definition) is 3. The molecule has 0 aromatic heterocycles. The van der Waals surface area contributed by atoms with Crippen molar-refractivity contribution in [2.75, 3.05) is 19.8 Å². The average Bonchev–Trinajstić information content (AvgIpc) is 2.40. The van der Waals surface area contributed by atoms with Crippen molar-refractivity contribution in [2.45, 2.75) is 25.0 Å². The van der Waals surface area contributed by atoms with E-state index in [1.807, 2.05) is 0 Å². The number of aliphatic hydroxyl groups excluding tert-OH is 1. The van der Waals surface area contributed by atoms with Crippen LogP contribution in [0, 0.1) is 11.6 Å². The Morgan fingerprint density at radius 1 is 1.33 bits per heavy atom. The van der Waals surface area contributed by atoms with Crippen LogP contribution in [-0.4, -0.2) is 31.0 Å². The Balaban J connectivity index is 1.90. The first-order chi connectivity index (χ1) is 8.68. The Kier molecular flexibility index (Phi) is 4.63. The van der Waals surface area contributed by atoms with E-state index in [2.05, 4.69) is 0 Å². The second kappa shape index (κ2) is 6.22. The number of halogens is 2. The van der Waals surface area contributed by atoms with E-state index in [0.717, 1.165) is 18.9 Å². The summed E-state index contributed by atoms with van der Waals surface area (Å²) in [5, 5.41) is 9.79. The number of benzene rings is 1. The van der Waals surface area contributed by atoms with Gasteiger partial charge in [-0.15, -0.1) is 0 Å². The van der Waals surface area contributed by atoms with Crippen molar-refractivity contribution in [2.24, 2.45) is 0 Å². The topological polar surface area (TPSA) is 38.7 Å². The Bertz CT molecular complexity index is 392. The van der Waals surface area contributed by atoms with Gasteiger partial charge in [0.15, 0.2) is 11.6 Å². The highest BCUT2D eigenvalue weighted by molar-refractivity contribution is 5.21. The molecule has 1 aromatic carbocycles. The largest absolute Gasteiger partial charge is 0.386 e. The second-order valence-corrected chi connectivity index (χ2v) is 4.30. The Morgan fingerprint density at radius 3 is 2.78 bits per heavy atom. The molecule has 18 heavy (non-hydrogen) atoms. The third-order valence-corrected chi connectivity index (χ3v) is 3.00. The van der Waals surface area contributed by atoms with Gasteiger partial charge in [0.1, 0.15) is 6.10 Å². The van der Waals surface area contributed by atoms with Gasteiger partial charge >= 0.3 is 0 Å². The fourth-order valence-corrected chi connectivity index (χ4v) is 1.94. The van der Waals surface area contributed by atoms with E-state index in [0.29, 0.717) is 13.2 Å². The van der Waals surface area contributed by atoms with Gasteiger partial charge in [-0.3, -0.25) is 0 Å². The summed E-state index contributed by atoms with van der Waals surface area (Å²) < 4.78 is 37.0. The highest BCUT2D eigenvalue weighted by atomic mass is 19.2. The number of hydrogen-bond donors (Lipinski definition) is 1. The summed E-state index contributed by atoms with van der Waals surface area (Å²) in [5.74, 6) is -1.97. The lowest BCUT2D eigenvalue weighted by Gasteiger charge is -2.23. The van der Waals surface area contributed by atoms with E-state index in [4.69, 9.17) is 9.47 Å². The summed E-state index contributed by atoms with van der Waals surface area (Å²) in [6.07, 6.45) is 0.394. The fourth-order valence-electron chi connectivity index (χ4n) is 1.94. The van der Waals surface area contributed by atoms with Gasteiger partial charge < -0.3 is 14.6 Å². The third-order valence-electron chi connectivity index (χ3n) is 3.00. The van der Waals surface area contributed by atoms with Gasteiger partial charge in [-0.1, -0.05) is 12.1 Å². The summed E-state index contributed by atoms with van der Waals surface area (Å²) in [5.41, 5.74) is -0.0675. The van der Waals surface area contributed by atoms with Crippen LogP contribution in [0.25, 0.3) is 0 Å². The van der Waals surface area contributed by atoms with Crippen LogP contribution in [0.4, 0.5) is 8.78 Å². The second-order valence-electron chi connectivity index (χ2n) is 4.30. The minimum absolute atomic E-state index is 0.0185. The van der Waals surface area contributed by atoms with Crippen LogP contribution in [0.5, 0.6) is 0 Å². The molecule has 0 radical (unpaired) electrons. The van der Waals surface area contributed by atoms with Gasteiger partial charge in [-0.25, -0.2) is 8.78 Å². The van der Waals surface area contributed by atoms with E-state index in [-0.39, 0.29) is 18.3 Å². The van der Waals surface area contributed by atoms with Crippen LogP contribution in [0.3, 0.4) is 0 Å². The van der Waals surface area contributed by atoms with Crippen LogP contribution in [0.2, 0.25) is 0 Å². The molecule has 1 N–H and O–H groups in total. The summed E-state index contributed by atoms with van der Waals surface area (Å²) >= 11 is 0. The van der Waals surface area contributed by atoms with Crippen LogP contribution < -0.4 is 0 Å². The summed E-state index contributed by atoms with van der Waals surface area (Å²) in [4.78, 5) is 0. The van der Waals surface area contributed by atoms with Crippen molar-refractivity contribution in [3.05, 3.63) is 35.4 Å². The molecule has 0 saturated carbocycles. The molecule has 0 aliphatic carbocycles. The molecule has 1 saturated heterocycles. The molecule has 0 bridgehead atoms. The minimum atomic E-state index is -1.15. The van der Waals surface area contributed by atoms with Crippen LogP contribution in [0.15, 0.2) is 18.2 Å². The molecular weight excluding hydrogens is 242 g/mol. The molecule has 3 nitrogen and oxygen atoms in total. The molecule has 1 aliphatic rings. The summed E-state index contributed by atoms with van der Waals surface area (Å²) in [7, 11) is 0. The van der Waals surface area contributed by atoms with Crippen molar-refractivity contribution >= 4 is 0 Å². The lowest BCUT2D eigenvalue weighted by Crippen LogP contribution is -2.25. The summed E-state index contributed by atoms with van der Waals surface area (Å²) in [6, 6.07) is 3.74. The van der Waals surface area contributed by atoms with E-state index in [9.17, 15) is 13.9 Å². The Hall–Kier alpha value is -1.04. The maximum absolute atomic E-state index is 13.4. The summed E-state index contributed by atoms with van der Waals surface area (Å²) in [6.45, 7) is 1.23. The zero-order valence-electron chi connectivity index (χ0n) is 9.94. The molecular formula is C13H16F2O3. The van der Waals surface area contributed by atoms with Gasteiger partial charge in [-0.2, -0.15) is 0 Å². The molecule has 0 amide bonds. The molecule has 1 fully saturated rings. The van der Waals surface area contributed by atoms with Crippen LogP contribution >= 0.6 is 0 Å². The first-order valence-electron chi connectivity index (χ1n) is 6.00. The van der Waals surface area contributed by atoms with Crippen molar-refractivity contribution in [3.8, 4) is 0 Å². The van der Waals surface area contributed by atoms with Crippen LogP contribution in [-0.2, 0) is 9.47 Å². The van der Waals surface area contributed by atoms with Gasteiger partial charge in [0.25, 0.3) is 0 Å². The highest BCUT2D eigenvalue weighted by Crippen LogP contribution is 2.21. The van der Waals surface area contributed by atoms with Crippen molar-refractivity contribution in [3.63, 3.8) is 0 Å². The zero-order chi connectivity index (χ0) is 13.0. The Morgan fingerprint density at radius 2 is 2.06 bits per heavy atom. The first kappa shape index (κ1) is 13.4. The maximum Gasteiger partial charge on any atom is 0.164 e. The van der Waals surface area contributed by atoms with Gasteiger partial charge in [0.05, 0.1) is 12.7 Å².